The number of hydrogen-bond acceptors (Lipinski definition) is 5. The number of nitrogens with zero attached hydrogens (tertiary/aromatic N) is 2. The number of aliphatic hydroxyl groups is 1. The van der Waals surface area contributed by atoms with Crippen LogP contribution >= 0.6 is 0 Å². The number of halogens is 1. The fourth-order valence-corrected chi connectivity index (χ4v) is 4.34. The molecule has 1 fully saturated rings. The number of aliphatic hydroxyl groups excluding tert-OH is 1. The topological polar surface area (TPSA) is 87.1 Å². The largest absolute Gasteiger partial charge is 0.507 e. The summed E-state index contributed by atoms with van der Waals surface area (Å²) in [6, 6.07) is 10.7. The molecule has 1 unspecified atom stereocenters. The highest BCUT2D eigenvalue weighted by Crippen LogP contribution is 2.53. The van der Waals surface area contributed by atoms with Crippen LogP contribution in [0.25, 0.3) is 5.76 Å². The number of para-hydroxylation sites is 1. The second-order valence-electron chi connectivity index (χ2n) is 7.56. The normalized spacial score (nSPS) is 22.0. The van der Waals surface area contributed by atoms with Gasteiger partial charge in [-0.2, -0.15) is 0 Å². The SMILES string of the molecule is COCCN1C(=O)C(=O)C(=C(O)c2ccc(C)c(F)c2)C12C(=O)N(C)c1ccccc12. The number of carbonyl (C=O) groups is 3. The molecule has 0 radical (unpaired) electrons. The van der Waals surface area contributed by atoms with Crippen molar-refractivity contribution in [3.05, 3.63) is 70.5 Å². The Morgan fingerprint density at radius 1 is 1.16 bits per heavy atom. The predicted octanol–water partition coefficient (Wildman–Crippen LogP) is 2.33. The Labute approximate surface area is 178 Å². The lowest BCUT2D eigenvalue weighted by Gasteiger charge is -2.34. The number of carbonyl (C=O) groups excluding carboxylic acids is 3. The zero-order valence-electron chi connectivity index (χ0n) is 17.3. The highest BCUT2D eigenvalue weighted by Gasteiger charge is 2.66. The minimum absolute atomic E-state index is 0.00653. The van der Waals surface area contributed by atoms with Crippen LogP contribution in [0.15, 0.2) is 48.0 Å². The number of likely N-dealkylation sites (tertiary alicyclic amines) is 1. The third-order valence-electron chi connectivity index (χ3n) is 5.90. The zero-order valence-corrected chi connectivity index (χ0v) is 17.3. The zero-order chi connectivity index (χ0) is 22.5. The number of hydrogen-bond donors (Lipinski definition) is 1. The van der Waals surface area contributed by atoms with E-state index in [1.807, 2.05) is 0 Å². The molecule has 8 heteroatoms. The van der Waals surface area contributed by atoms with Crippen LogP contribution in [-0.2, 0) is 24.7 Å². The number of methoxy groups -OCH3 is 1. The van der Waals surface area contributed by atoms with Gasteiger partial charge in [-0.1, -0.05) is 30.3 Å². The van der Waals surface area contributed by atoms with Gasteiger partial charge in [0, 0.05) is 37.5 Å². The first kappa shape index (κ1) is 20.7. The minimum Gasteiger partial charge on any atom is -0.507 e. The molecule has 2 aromatic carbocycles. The van der Waals surface area contributed by atoms with Crippen molar-refractivity contribution in [1.29, 1.82) is 0 Å². The summed E-state index contributed by atoms with van der Waals surface area (Å²) in [7, 11) is 2.98. The second kappa shape index (κ2) is 7.31. The first-order chi connectivity index (χ1) is 14.8. The fraction of sp³-hybridized carbons (Fsp3) is 0.261. The number of amides is 2. The number of rotatable bonds is 4. The molecule has 31 heavy (non-hydrogen) atoms. The summed E-state index contributed by atoms with van der Waals surface area (Å²) in [5.74, 6) is -3.67. The lowest BCUT2D eigenvalue weighted by atomic mass is 9.82. The molecule has 1 spiro atoms. The van der Waals surface area contributed by atoms with Crippen LogP contribution in [0.5, 0.6) is 0 Å². The first-order valence-electron chi connectivity index (χ1n) is 9.70. The van der Waals surface area contributed by atoms with Crippen LogP contribution in [0.4, 0.5) is 10.1 Å². The van der Waals surface area contributed by atoms with Crippen LogP contribution in [0.2, 0.25) is 0 Å². The van der Waals surface area contributed by atoms with Crippen molar-refractivity contribution in [1.82, 2.24) is 4.90 Å². The summed E-state index contributed by atoms with van der Waals surface area (Å²) in [5, 5.41) is 11.1. The summed E-state index contributed by atoms with van der Waals surface area (Å²) in [4.78, 5) is 42.3. The van der Waals surface area contributed by atoms with Gasteiger partial charge in [-0.15, -0.1) is 0 Å². The molecular weight excluding hydrogens is 403 g/mol. The Kier molecular flexibility index (Phi) is 4.89. The lowest BCUT2D eigenvalue weighted by molar-refractivity contribution is -0.144. The second-order valence-corrected chi connectivity index (χ2v) is 7.56. The smallest absolute Gasteiger partial charge is 0.296 e. The molecule has 2 heterocycles. The van der Waals surface area contributed by atoms with Crippen molar-refractivity contribution in [3.8, 4) is 0 Å². The summed E-state index contributed by atoms with van der Waals surface area (Å²) in [5.41, 5.74) is -0.965. The lowest BCUT2D eigenvalue weighted by Crippen LogP contribution is -2.52. The van der Waals surface area contributed by atoms with Gasteiger partial charge >= 0.3 is 0 Å². The third-order valence-corrected chi connectivity index (χ3v) is 5.90. The van der Waals surface area contributed by atoms with Crippen molar-refractivity contribution in [2.45, 2.75) is 12.5 Å². The maximum atomic E-state index is 14.2. The Balaban J connectivity index is 2.06. The van der Waals surface area contributed by atoms with E-state index in [9.17, 15) is 23.9 Å². The number of fused-ring (bicyclic) bond motifs is 2. The summed E-state index contributed by atoms with van der Waals surface area (Å²) in [6.07, 6.45) is 0. The van der Waals surface area contributed by atoms with Crippen LogP contribution in [0.3, 0.4) is 0 Å². The molecule has 2 aliphatic rings. The fourth-order valence-electron chi connectivity index (χ4n) is 4.34. The van der Waals surface area contributed by atoms with E-state index in [0.29, 0.717) is 16.8 Å². The van der Waals surface area contributed by atoms with Crippen molar-refractivity contribution in [2.75, 3.05) is 32.2 Å². The van der Waals surface area contributed by atoms with E-state index in [2.05, 4.69) is 0 Å². The first-order valence-corrected chi connectivity index (χ1v) is 9.70. The molecule has 0 aliphatic carbocycles. The van der Waals surface area contributed by atoms with E-state index < -0.39 is 34.7 Å². The average Bonchev–Trinajstić information content (AvgIpc) is 3.12. The van der Waals surface area contributed by atoms with Crippen molar-refractivity contribution < 1.29 is 28.6 Å². The van der Waals surface area contributed by atoms with Gasteiger partial charge in [-0.25, -0.2) is 4.39 Å². The number of Topliss-reactive ketones (excluding diaryl/α,β-unsaturated/α-hetero) is 1. The quantitative estimate of drug-likeness (QED) is 0.463. The van der Waals surface area contributed by atoms with Gasteiger partial charge in [0.2, 0.25) is 0 Å². The molecule has 4 rings (SSSR count). The van der Waals surface area contributed by atoms with E-state index >= 15 is 0 Å². The van der Waals surface area contributed by atoms with Crippen molar-refractivity contribution in [3.63, 3.8) is 0 Å². The molecule has 1 atom stereocenters. The number of aryl methyl sites for hydroxylation is 1. The molecule has 2 aliphatic heterocycles. The monoisotopic (exact) mass is 424 g/mol. The Morgan fingerprint density at radius 2 is 1.87 bits per heavy atom. The minimum atomic E-state index is -1.86. The average molecular weight is 424 g/mol. The Bertz CT molecular complexity index is 1160. The van der Waals surface area contributed by atoms with E-state index in [1.165, 1.54) is 31.2 Å². The molecule has 0 bridgehead atoms. The molecule has 160 valence electrons. The van der Waals surface area contributed by atoms with Crippen LogP contribution in [0.1, 0.15) is 16.7 Å². The molecule has 2 aromatic rings. The molecular formula is C23H21FN2O5. The van der Waals surface area contributed by atoms with Crippen LogP contribution in [-0.4, -0.2) is 54.9 Å². The van der Waals surface area contributed by atoms with Gasteiger partial charge in [-0.05, 0) is 24.6 Å². The van der Waals surface area contributed by atoms with E-state index in [0.717, 1.165) is 11.0 Å². The van der Waals surface area contributed by atoms with E-state index in [4.69, 9.17) is 4.74 Å². The number of likely N-dealkylation sites (N-methyl/N-ethyl adjacent to an activating group) is 1. The standard InChI is InChI=1S/C23H21FN2O5/c1-13-8-9-14(12-16(13)24)19(27)18-20(28)21(29)26(10-11-31-3)23(18)15-6-4-5-7-17(15)25(2)22(23)30/h4-9,12,27H,10-11H2,1-3H3. The van der Waals surface area contributed by atoms with E-state index in [1.54, 1.807) is 31.2 Å². The van der Waals surface area contributed by atoms with Gasteiger partial charge in [0.05, 0.1) is 12.2 Å². The maximum absolute atomic E-state index is 14.2. The molecule has 0 aromatic heterocycles. The molecule has 1 N–H and O–H groups in total. The van der Waals surface area contributed by atoms with Gasteiger partial charge < -0.3 is 19.6 Å². The van der Waals surface area contributed by atoms with Gasteiger partial charge in [-0.3, -0.25) is 14.4 Å². The third kappa shape index (κ3) is 2.71. The summed E-state index contributed by atoms with van der Waals surface area (Å²) < 4.78 is 19.3. The number of anilines is 1. The Hall–Kier alpha value is -3.52. The van der Waals surface area contributed by atoms with Crippen molar-refractivity contribution in [2.24, 2.45) is 0 Å². The van der Waals surface area contributed by atoms with Crippen LogP contribution < -0.4 is 4.90 Å². The highest BCUT2D eigenvalue weighted by atomic mass is 19.1. The number of ketones is 1. The highest BCUT2D eigenvalue weighted by molar-refractivity contribution is 6.50. The number of ether oxygens (including phenoxy) is 1. The van der Waals surface area contributed by atoms with E-state index in [-0.39, 0.29) is 24.3 Å². The summed E-state index contributed by atoms with van der Waals surface area (Å²) >= 11 is 0. The number of benzene rings is 2. The van der Waals surface area contributed by atoms with Gasteiger partial charge in [0.15, 0.2) is 5.54 Å². The Morgan fingerprint density at radius 3 is 2.55 bits per heavy atom. The predicted molar refractivity (Wildman–Crippen MR) is 111 cm³/mol. The summed E-state index contributed by atoms with van der Waals surface area (Å²) in [6.45, 7) is 1.59. The molecule has 1 saturated heterocycles. The molecule has 7 nitrogen and oxygen atoms in total. The van der Waals surface area contributed by atoms with Gasteiger partial charge in [0.1, 0.15) is 11.6 Å². The van der Waals surface area contributed by atoms with Gasteiger partial charge in [0.25, 0.3) is 17.6 Å². The van der Waals surface area contributed by atoms with Crippen LogP contribution in [0, 0.1) is 12.7 Å². The molecule has 2 amide bonds. The van der Waals surface area contributed by atoms with Crippen molar-refractivity contribution >= 4 is 29.0 Å². The maximum Gasteiger partial charge on any atom is 0.296 e. The molecule has 0 saturated carbocycles.